The summed E-state index contributed by atoms with van der Waals surface area (Å²) in [5.41, 5.74) is 1.54. The largest absolute Gasteiger partial charge is 0.493 e. The van der Waals surface area contributed by atoms with Gasteiger partial charge in [-0.3, -0.25) is 9.59 Å². The number of ether oxygens (including phenoxy) is 3. The van der Waals surface area contributed by atoms with E-state index < -0.39 is 30.1 Å². The summed E-state index contributed by atoms with van der Waals surface area (Å²) in [5, 5.41) is 33.3. The molecule has 4 N–H and O–H groups in total. The van der Waals surface area contributed by atoms with Crippen molar-refractivity contribution in [3.63, 3.8) is 0 Å². The molecule has 3 aliphatic rings. The van der Waals surface area contributed by atoms with E-state index in [0.717, 1.165) is 25.7 Å². The van der Waals surface area contributed by atoms with Crippen molar-refractivity contribution in [2.24, 2.45) is 5.92 Å². The van der Waals surface area contributed by atoms with Crippen LogP contribution in [-0.4, -0.2) is 90.8 Å². The first-order valence-electron chi connectivity index (χ1n) is 13.0. The molecule has 0 spiro atoms. The number of benzene rings is 1. The van der Waals surface area contributed by atoms with Crippen LogP contribution in [0, 0.1) is 5.92 Å². The molecule has 1 aromatic rings. The third kappa shape index (κ3) is 5.62. The van der Waals surface area contributed by atoms with Crippen LogP contribution < -0.4 is 14.8 Å². The average molecular weight is 519 g/mol. The number of hydrogen-bond acceptors (Lipinski definition) is 8. The number of amides is 2. The Morgan fingerprint density at radius 3 is 2.59 bits per heavy atom. The Bertz CT molecular complexity index is 1010. The van der Waals surface area contributed by atoms with E-state index in [9.17, 15) is 24.9 Å². The van der Waals surface area contributed by atoms with Crippen LogP contribution in [0.5, 0.6) is 11.5 Å². The summed E-state index contributed by atoms with van der Waals surface area (Å²) in [4.78, 5) is 28.4. The third-order valence-corrected chi connectivity index (χ3v) is 7.65. The maximum atomic E-state index is 13.5. The van der Waals surface area contributed by atoms with Crippen LogP contribution in [0.2, 0.25) is 0 Å². The zero-order valence-corrected chi connectivity index (χ0v) is 21.5. The minimum atomic E-state index is -1.13. The van der Waals surface area contributed by atoms with Gasteiger partial charge in [0.1, 0.15) is 12.2 Å². The molecule has 4 atom stereocenters. The Morgan fingerprint density at radius 1 is 1.19 bits per heavy atom. The van der Waals surface area contributed by atoms with E-state index >= 15 is 0 Å². The summed E-state index contributed by atoms with van der Waals surface area (Å²) >= 11 is 0. The Labute approximate surface area is 217 Å². The minimum absolute atomic E-state index is 0.0580. The van der Waals surface area contributed by atoms with Crippen molar-refractivity contribution in [3.8, 4) is 11.5 Å². The third-order valence-electron chi connectivity index (χ3n) is 7.65. The number of nitrogens with one attached hydrogen (secondary N) is 1. The Kier molecular flexibility index (Phi) is 9.07. The lowest BCUT2D eigenvalue weighted by Gasteiger charge is -2.41. The molecule has 2 amide bonds. The van der Waals surface area contributed by atoms with Gasteiger partial charge in [0.25, 0.3) is 0 Å². The number of methoxy groups -OCH3 is 2. The monoisotopic (exact) mass is 518 g/mol. The standard InChI is InChI=1S/C27H38N2O8/c1-35-10-8-29(22(32)13-16-5-3-4-6-16)20-14-19(27(34)28-7-9-30)23-18-11-17(15-31)12-21(36-2)25(18)37-26(23)24(20)33/h11-12,14,16,20,23-24,26,30-31,33H,3-10,13,15H2,1-2H3,(H,28,34)/t20-,23+,24+,26+/m1/s1. The molecule has 1 heterocycles. The van der Waals surface area contributed by atoms with E-state index in [1.54, 1.807) is 30.2 Å². The molecule has 0 bridgehead atoms. The highest BCUT2D eigenvalue weighted by atomic mass is 16.5. The molecule has 1 aromatic carbocycles. The number of aliphatic hydroxyl groups excluding tert-OH is 3. The van der Waals surface area contributed by atoms with E-state index in [2.05, 4.69) is 5.32 Å². The number of rotatable bonds is 11. The van der Waals surface area contributed by atoms with Crippen molar-refractivity contribution >= 4 is 11.8 Å². The molecule has 204 valence electrons. The molecule has 0 aromatic heterocycles. The molecule has 0 unspecified atom stereocenters. The van der Waals surface area contributed by atoms with Gasteiger partial charge >= 0.3 is 0 Å². The first-order chi connectivity index (χ1) is 17.9. The lowest BCUT2D eigenvalue weighted by Crippen LogP contribution is -2.56. The summed E-state index contributed by atoms with van der Waals surface area (Å²) in [6, 6.07) is 2.60. The second kappa shape index (κ2) is 12.3. The normalized spacial score (nSPS) is 24.6. The van der Waals surface area contributed by atoms with Crippen molar-refractivity contribution in [2.75, 3.05) is 40.5 Å². The molecule has 1 aliphatic heterocycles. The Balaban J connectivity index is 1.74. The fraction of sp³-hybridized carbons (Fsp3) is 0.630. The maximum absolute atomic E-state index is 13.5. The van der Waals surface area contributed by atoms with Crippen molar-refractivity contribution < 1.29 is 39.1 Å². The molecule has 0 radical (unpaired) electrons. The smallest absolute Gasteiger partial charge is 0.247 e. The van der Waals surface area contributed by atoms with Crippen LogP contribution >= 0.6 is 0 Å². The van der Waals surface area contributed by atoms with Crippen molar-refractivity contribution in [1.82, 2.24) is 10.2 Å². The summed E-state index contributed by atoms with van der Waals surface area (Å²) in [6.07, 6.45) is 4.31. The average Bonchev–Trinajstić information content (AvgIpc) is 3.56. The molecular weight excluding hydrogens is 480 g/mol. The van der Waals surface area contributed by atoms with E-state index in [-0.39, 0.29) is 38.8 Å². The first kappa shape index (κ1) is 27.4. The van der Waals surface area contributed by atoms with E-state index in [4.69, 9.17) is 14.2 Å². The van der Waals surface area contributed by atoms with Gasteiger partial charge in [-0.1, -0.05) is 12.8 Å². The lowest BCUT2D eigenvalue weighted by atomic mass is 9.77. The molecular formula is C27H38N2O8. The minimum Gasteiger partial charge on any atom is -0.493 e. The SMILES string of the molecule is COCCN(C(=O)CC1CCCC1)[C@@H]1C=C(C(=O)NCCO)[C@@H]2c3cc(CO)cc(OC)c3O[C@@H]2[C@H]1O. The quantitative estimate of drug-likeness (QED) is 0.339. The van der Waals surface area contributed by atoms with Crippen LogP contribution in [0.25, 0.3) is 0 Å². The number of hydrogen-bond donors (Lipinski definition) is 4. The van der Waals surface area contributed by atoms with Gasteiger partial charge in [0, 0.05) is 37.8 Å². The predicted molar refractivity (Wildman–Crippen MR) is 134 cm³/mol. The number of nitrogens with zero attached hydrogens (tertiary/aromatic N) is 1. The second-order valence-electron chi connectivity index (χ2n) is 9.95. The van der Waals surface area contributed by atoms with E-state index in [0.29, 0.717) is 40.5 Å². The van der Waals surface area contributed by atoms with Crippen LogP contribution in [0.1, 0.15) is 49.1 Å². The highest BCUT2D eigenvalue weighted by Crippen LogP contribution is 2.51. The van der Waals surface area contributed by atoms with Crippen LogP contribution in [0.15, 0.2) is 23.8 Å². The fourth-order valence-electron chi connectivity index (χ4n) is 5.83. The summed E-state index contributed by atoms with van der Waals surface area (Å²) in [6.45, 7) is 0.135. The Morgan fingerprint density at radius 2 is 1.95 bits per heavy atom. The lowest BCUT2D eigenvalue weighted by molar-refractivity contribution is -0.139. The topological polar surface area (TPSA) is 138 Å². The van der Waals surface area contributed by atoms with Crippen molar-refractivity contribution in [1.29, 1.82) is 0 Å². The molecule has 0 saturated heterocycles. The highest BCUT2D eigenvalue weighted by Gasteiger charge is 2.51. The summed E-state index contributed by atoms with van der Waals surface area (Å²) in [7, 11) is 3.04. The molecule has 10 nitrogen and oxygen atoms in total. The van der Waals surface area contributed by atoms with Gasteiger partial charge in [-0.2, -0.15) is 0 Å². The van der Waals surface area contributed by atoms with Gasteiger partial charge in [0.2, 0.25) is 11.8 Å². The van der Waals surface area contributed by atoms with Gasteiger partial charge in [-0.05, 0) is 42.5 Å². The number of carbonyl (C=O) groups excluding carboxylic acids is 2. The number of carbonyl (C=O) groups is 2. The predicted octanol–water partition coefficient (Wildman–Crippen LogP) is 0.865. The first-order valence-corrected chi connectivity index (χ1v) is 13.0. The van der Waals surface area contributed by atoms with Gasteiger partial charge in [-0.25, -0.2) is 0 Å². The van der Waals surface area contributed by atoms with Gasteiger partial charge in [-0.15, -0.1) is 0 Å². The van der Waals surface area contributed by atoms with Crippen molar-refractivity contribution in [2.45, 2.75) is 62.9 Å². The zero-order valence-electron chi connectivity index (χ0n) is 21.5. The van der Waals surface area contributed by atoms with E-state index in [1.165, 1.54) is 7.11 Å². The number of aliphatic hydroxyl groups is 3. The van der Waals surface area contributed by atoms with Crippen LogP contribution in [0.3, 0.4) is 0 Å². The van der Waals surface area contributed by atoms with Crippen molar-refractivity contribution in [3.05, 3.63) is 34.9 Å². The molecule has 10 heteroatoms. The molecule has 37 heavy (non-hydrogen) atoms. The summed E-state index contributed by atoms with van der Waals surface area (Å²) < 4.78 is 17.0. The van der Waals surface area contributed by atoms with E-state index in [1.807, 2.05) is 0 Å². The molecule has 1 saturated carbocycles. The number of fused-ring (bicyclic) bond motifs is 3. The fourth-order valence-corrected chi connectivity index (χ4v) is 5.83. The second-order valence-corrected chi connectivity index (χ2v) is 9.95. The molecule has 2 aliphatic carbocycles. The Hall–Kier alpha value is -2.66. The van der Waals surface area contributed by atoms with Crippen LogP contribution in [-0.2, 0) is 20.9 Å². The van der Waals surface area contributed by atoms with Crippen LogP contribution in [0.4, 0.5) is 0 Å². The van der Waals surface area contributed by atoms with Gasteiger partial charge < -0.3 is 39.7 Å². The zero-order chi connectivity index (χ0) is 26.5. The highest BCUT2D eigenvalue weighted by molar-refractivity contribution is 5.96. The maximum Gasteiger partial charge on any atom is 0.247 e. The molecule has 4 rings (SSSR count). The van der Waals surface area contributed by atoms with Gasteiger partial charge in [0.05, 0.1) is 38.9 Å². The molecule has 1 fully saturated rings. The summed E-state index contributed by atoms with van der Waals surface area (Å²) in [5.74, 6) is -0.0430. The van der Waals surface area contributed by atoms with Gasteiger partial charge in [0.15, 0.2) is 11.5 Å².